The summed E-state index contributed by atoms with van der Waals surface area (Å²) in [6.07, 6.45) is 2.01. The van der Waals surface area contributed by atoms with Crippen LogP contribution in [0.5, 0.6) is 0 Å². The van der Waals surface area contributed by atoms with E-state index < -0.39 is 11.5 Å². The minimum Gasteiger partial charge on any atom is -0.468 e. The van der Waals surface area contributed by atoms with E-state index in [1.807, 2.05) is 20.8 Å². The molecule has 1 aliphatic rings. The minimum absolute atomic E-state index is 0.0935. The van der Waals surface area contributed by atoms with E-state index in [4.69, 9.17) is 9.15 Å². The molecular formula is C18H19N3O5. The van der Waals surface area contributed by atoms with Gasteiger partial charge in [0.1, 0.15) is 12.1 Å². The molecule has 136 valence electrons. The Morgan fingerprint density at radius 3 is 2.88 bits per heavy atom. The molecule has 3 aromatic heterocycles. The van der Waals surface area contributed by atoms with Crippen LogP contribution in [-0.4, -0.2) is 33.2 Å². The second-order valence-corrected chi connectivity index (χ2v) is 7.09. The number of hydrogen-bond acceptors (Lipinski definition) is 7. The molecule has 0 amide bonds. The number of fused-ring (bicyclic) bond motifs is 5. The molecule has 0 atom stereocenters. The molecule has 0 bridgehead atoms. The first-order chi connectivity index (χ1) is 12.3. The summed E-state index contributed by atoms with van der Waals surface area (Å²) < 4.78 is 17.4. The average molecular weight is 357 g/mol. The Hall–Kier alpha value is -2.74. The molecule has 0 aliphatic carbocycles. The van der Waals surface area contributed by atoms with Gasteiger partial charge < -0.3 is 13.9 Å². The Bertz CT molecular complexity index is 1110. The van der Waals surface area contributed by atoms with Crippen molar-refractivity contribution >= 4 is 28.2 Å². The van der Waals surface area contributed by atoms with Crippen LogP contribution in [0.4, 0.5) is 0 Å². The highest BCUT2D eigenvalue weighted by Crippen LogP contribution is 2.37. The van der Waals surface area contributed by atoms with Crippen LogP contribution in [0.3, 0.4) is 0 Å². The molecule has 4 heterocycles. The number of aryl methyl sites for hydroxylation is 1. The maximum atomic E-state index is 12.7. The van der Waals surface area contributed by atoms with E-state index >= 15 is 0 Å². The molecule has 0 aromatic carbocycles. The van der Waals surface area contributed by atoms with Gasteiger partial charge >= 0.3 is 5.97 Å². The highest BCUT2D eigenvalue weighted by Gasteiger charge is 2.31. The summed E-state index contributed by atoms with van der Waals surface area (Å²) in [5, 5.41) is 0.749. The van der Waals surface area contributed by atoms with Crippen molar-refractivity contribution in [3.63, 3.8) is 0 Å². The Kier molecular flexibility index (Phi) is 3.62. The quantitative estimate of drug-likeness (QED) is 0.646. The topological polar surface area (TPSA) is 96.5 Å². The summed E-state index contributed by atoms with van der Waals surface area (Å²) in [7, 11) is 1.27. The number of carbonyl (C=O) groups is 1. The van der Waals surface area contributed by atoms with Gasteiger partial charge in [-0.25, -0.2) is 9.97 Å². The average Bonchev–Trinajstić information content (AvgIpc) is 2.95. The Labute approximate surface area is 148 Å². The highest BCUT2D eigenvalue weighted by molar-refractivity contribution is 6.03. The van der Waals surface area contributed by atoms with E-state index in [-0.39, 0.29) is 17.7 Å². The third kappa shape index (κ3) is 2.48. The van der Waals surface area contributed by atoms with Crippen LogP contribution in [-0.2, 0) is 33.8 Å². The summed E-state index contributed by atoms with van der Waals surface area (Å²) in [6, 6.07) is 0. The minimum atomic E-state index is -0.533. The van der Waals surface area contributed by atoms with Gasteiger partial charge in [-0.3, -0.25) is 14.2 Å². The van der Waals surface area contributed by atoms with Crippen molar-refractivity contribution in [2.45, 2.75) is 45.9 Å². The van der Waals surface area contributed by atoms with Gasteiger partial charge in [0.25, 0.3) is 5.56 Å². The number of furan rings is 1. The van der Waals surface area contributed by atoms with Crippen LogP contribution in [0.2, 0.25) is 0 Å². The smallest absolute Gasteiger partial charge is 0.325 e. The fourth-order valence-corrected chi connectivity index (χ4v) is 3.38. The van der Waals surface area contributed by atoms with Gasteiger partial charge in [0.05, 0.1) is 31.0 Å². The van der Waals surface area contributed by atoms with Crippen molar-refractivity contribution in [2.75, 3.05) is 7.11 Å². The normalized spacial score (nSPS) is 16.0. The predicted molar refractivity (Wildman–Crippen MR) is 92.9 cm³/mol. The van der Waals surface area contributed by atoms with Crippen LogP contribution >= 0.6 is 0 Å². The van der Waals surface area contributed by atoms with Gasteiger partial charge in [-0.15, -0.1) is 0 Å². The van der Waals surface area contributed by atoms with Crippen molar-refractivity contribution in [3.8, 4) is 0 Å². The number of methoxy groups -OCH3 is 1. The first-order valence-electron chi connectivity index (χ1n) is 8.31. The van der Waals surface area contributed by atoms with E-state index in [2.05, 4.69) is 14.7 Å². The molecule has 0 saturated carbocycles. The zero-order chi connectivity index (χ0) is 18.6. The molecule has 0 N–H and O–H groups in total. The van der Waals surface area contributed by atoms with Crippen LogP contribution in [0, 0.1) is 6.92 Å². The van der Waals surface area contributed by atoms with Gasteiger partial charge in [0, 0.05) is 17.7 Å². The SMILES string of the molecule is COC(=O)Cn1cnc2c(oc3nc(C)c4c(c32)CC(C)(C)OC4)c1=O. The molecule has 0 fully saturated rings. The lowest BCUT2D eigenvalue weighted by Crippen LogP contribution is -2.32. The number of rotatable bonds is 2. The van der Waals surface area contributed by atoms with Crippen LogP contribution in [0.25, 0.3) is 22.2 Å². The van der Waals surface area contributed by atoms with E-state index in [1.54, 1.807) is 0 Å². The second-order valence-electron chi connectivity index (χ2n) is 7.09. The second kappa shape index (κ2) is 5.63. The number of hydrogen-bond donors (Lipinski definition) is 0. The lowest BCUT2D eigenvalue weighted by Gasteiger charge is -2.32. The van der Waals surface area contributed by atoms with Gasteiger partial charge in [0.2, 0.25) is 11.3 Å². The van der Waals surface area contributed by atoms with Crippen LogP contribution < -0.4 is 5.56 Å². The summed E-state index contributed by atoms with van der Waals surface area (Å²) in [6.45, 7) is 6.19. The number of ether oxygens (including phenoxy) is 2. The van der Waals surface area contributed by atoms with E-state index in [0.717, 1.165) is 22.2 Å². The number of pyridine rings is 1. The maximum absolute atomic E-state index is 12.7. The summed E-state index contributed by atoms with van der Waals surface area (Å²) in [5.74, 6) is -0.533. The lowest BCUT2D eigenvalue weighted by molar-refractivity contribution is -0.141. The fraction of sp³-hybridized carbons (Fsp3) is 0.444. The maximum Gasteiger partial charge on any atom is 0.325 e. The standard InChI is InChI=1S/C18H19N3O5/c1-9-11-7-25-18(2,3)5-10(11)13-14-15(26-16(13)20-9)17(23)21(8-19-14)6-12(22)24-4/h8H,5-7H2,1-4H3. The molecule has 3 aromatic rings. The zero-order valence-electron chi connectivity index (χ0n) is 15.1. The Balaban J connectivity index is 2.00. The molecule has 4 rings (SSSR count). The molecule has 0 radical (unpaired) electrons. The third-order valence-electron chi connectivity index (χ3n) is 4.75. The van der Waals surface area contributed by atoms with Crippen LogP contribution in [0.15, 0.2) is 15.5 Å². The summed E-state index contributed by atoms with van der Waals surface area (Å²) in [4.78, 5) is 33.1. The van der Waals surface area contributed by atoms with Crippen molar-refractivity contribution in [2.24, 2.45) is 0 Å². The first-order valence-corrected chi connectivity index (χ1v) is 8.31. The first kappa shape index (κ1) is 16.7. The van der Waals surface area contributed by atoms with Crippen molar-refractivity contribution in [3.05, 3.63) is 33.5 Å². The monoisotopic (exact) mass is 357 g/mol. The molecule has 0 saturated heterocycles. The van der Waals surface area contributed by atoms with Gasteiger partial charge in [-0.1, -0.05) is 0 Å². The molecule has 26 heavy (non-hydrogen) atoms. The van der Waals surface area contributed by atoms with E-state index in [0.29, 0.717) is 24.3 Å². The number of aromatic nitrogens is 3. The van der Waals surface area contributed by atoms with Crippen molar-refractivity contribution in [1.29, 1.82) is 0 Å². The molecule has 8 nitrogen and oxygen atoms in total. The molecule has 0 unspecified atom stereocenters. The van der Waals surface area contributed by atoms with Gasteiger partial charge in [-0.2, -0.15) is 0 Å². The summed E-state index contributed by atoms with van der Waals surface area (Å²) >= 11 is 0. The number of nitrogens with zero attached hydrogens (tertiary/aromatic N) is 3. The lowest BCUT2D eigenvalue weighted by atomic mass is 9.89. The molecule has 0 spiro atoms. The Morgan fingerprint density at radius 2 is 2.15 bits per heavy atom. The van der Waals surface area contributed by atoms with Gasteiger partial charge in [-0.05, 0) is 26.3 Å². The number of carbonyl (C=O) groups excluding carboxylic acids is 1. The predicted octanol–water partition coefficient (Wildman–Crippen LogP) is 1.87. The highest BCUT2D eigenvalue weighted by atomic mass is 16.5. The fourth-order valence-electron chi connectivity index (χ4n) is 3.38. The van der Waals surface area contributed by atoms with E-state index in [1.165, 1.54) is 18.0 Å². The van der Waals surface area contributed by atoms with E-state index in [9.17, 15) is 9.59 Å². The van der Waals surface area contributed by atoms with Gasteiger partial charge in [0.15, 0.2) is 0 Å². The third-order valence-corrected chi connectivity index (χ3v) is 4.75. The zero-order valence-corrected chi connectivity index (χ0v) is 15.1. The molecular weight excluding hydrogens is 338 g/mol. The molecule has 8 heteroatoms. The summed E-state index contributed by atoms with van der Waals surface area (Å²) in [5.41, 5.74) is 3.07. The molecule has 1 aliphatic heterocycles. The largest absolute Gasteiger partial charge is 0.468 e. The van der Waals surface area contributed by atoms with Crippen molar-refractivity contribution < 1.29 is 18.7 Å². The van der Waals surface area contributed by atoms with Crippen molar-refractivity contribution in [1.82, 2.24) is 14.5 Å². The Morgan fingerprint density at radius 1 is 1.38 bits per heavy atom. The number of esters is 1. The van der Waals surface area contributed by atoms with Crippen LogP contribution in [0.1, 0.15) is 30.7 Å².